The lowest BCUT2D eigenvalue weighted by molar-refractivity contribution is 0.126. The van der Waals surface area contributed by atoms with E-state index in [0.29, 0.717) is 24.4 Å². The van der Waals surface area contributed by atoms with Gasteiger partial charge in [-0.25, -0.2) is 0 Å². The Bertz CT molecular complexity index is 741. The van der Waals surface area contributed by atoms with Crippen LogP contribution in [0.3, 0.4) is 0 Å². The number of thioether (sulfide) groups is 2. The zero-order chi connectivity index (χ0) is 22.3. The summed E-state index contributed by atoms with van der Waals surface area (Å²) in [4.78, 5) is 0. The maximum atomic E-state index is 9.94. The fourth-order valence-corrected chi connectivity index (χ4v) is 4.78. The van der Waals surface area contributed by atoms with Gasteiger partial charge in [-0.1, -0.05) is 52.0 Å². The normalized spacial score (nSPS) is 19.1. The quantitative estimate of drug-likeness (QED) is 0.404. The molecule has 1 aliphatic heterocycles. The van der Waals surface area contributed by atoms with E-state index in [9.17, 15) is 5.11 Å². The smallest absolute Gasteiger partial charge is 0.133 e. The van der Waals surface area contributed by atoms with Gasteiger partial charge in [0.2, 0.25) is 0 Å². The molecule has 0 bridgehead atoms. The Hall–Kier alpha value is -1.34. The Kier molecular flexibility index (Phi) is 9.02. The van der Waals surface area contributed by atoms with E-state index < -0.39 is 6.10 Å². The van der Waals surface area contributed by atoms with Crippen LogP contribution in [-0.4, -0.2) is 53.2 Å². The van der Waals surface area contributed by atoms with Gasteiger partial charge in [-0.15, -0.1) is 11.8 Å². The molecule has 1 N–H and O–H groups in total. The summed E-state index contributed by atoms with van der Waals surface area (Å²) in [7, 11) is 0. The average Bonchev–Trinajstić information content (AvgIpc) is 3.53. The molecule has 31 heavy (non-hydrogen) atoms. The van der Waals surface area contributed by atoms with Crippen LogP contribution in [0.25, 0.3) is 0 Å². The number of epoxide rings is 1. The first-order valence-corrected chi connectivity index (χ1v) is 13.1. The molecule has 0 aliphatic carbocycles. The molecule has 2 aromatic rings. The Labute approximate surface area is 195 Å². The number of ether oxygens (including phenoxy) is 3. The number of aliphatic hydroxyl groups excluding tert-OH is 1. The molecule has 1 aliphatic rings. The minimum atomic E-state index is -0.440. The fraction of sp³-hybridized carbons (Fsp3) is 0.520. The summed E-state index contributed by atoms with van der Waals surface area (Å²) in [6.45, 7) is 9.59. The molecule has 3 atom stereocenters. The molecule has 170 valence electrons. The first kappa shape index (κ1) is 24.3. The van der Waals surface area contributed by atoms with Crippen molar-refractivity contribution in [1.82, 2.24) is 0 Å². The van der Waals surface area contributed by atoms with Gasteiger partial charge < -0.3 is 19.3 Å². The van der Waals surface area contributed by atoms with E-state index in [-0.39, 0.29) is 11.5 Å². The average molecular weight is 463 g/mol. The lowest BCUT2D eigenvalue weighted by Gasteiger charge is -2.26. The highest BCUT2D eigenvalue weighted by Crippen LogP contribution is 2.35. The third kappa shape index (κ3) is 7.07. The minimum absolute atomic E-state index is 0.142. The predicted molar refractivity (Wildman–Crippen MR) is 132 cm³/mol. The van der Waals surface area contributed by atoms with E-state index >= 15 is 0 Å². The van der Waals surface area contributed by atoms with Crippen molar-refractivity contribution in [2.24, 2.45) is 0 Å². The van der Waals surface area contributed by atoms with Crippen LogP contribution >= 0.6 is 23.5 Å². The van der Waals surface area contributed by atoms with E-state index in [1.54, 1.807) is 11.8 Å². The molecule has 2 aromatic carbocycles. The Morgan fingerprint density at radius 1 is 0.935 bits per heavy atom. The highest BCUT2D eigenvalue weighted by atomic mass is 32.2. The second-order valence-corrected chi connectivity index (χ2v) is 10.8. The first-order chi connectivity index (χ1) is 14.9. The van der Waals surface area contributed by atoms with Crippen LogP contribution in [0.4, 0.5) is 0 Å². The predicted octanol–water partition coefficient (Wildman–Crippen LogP) is 5.36. The highest BCUT2D eigenvalue weighted by Gasteiger charge is 2.39. The van der Waals surface area contributed by atoms with Crippen molar-refractivity contribution in [3.63, 3.8) is 0 Å². The van der Waals surface area contributed by atoms with Crippen molar-refractivity contribution in [3.8, 4) is 11.5 Å². The van der Waals surface area contributed by atoms with Gasteiger partial charge in [0.15, 0.2) is 0 Å². The Morgan fingerprint density at radius 3 is 2.06 bits per heavy atom. The second kappa shape index (κ2) is 11.5. The van der Waals surface area contributed by atoms with Gasteiger partial charge >= 0.3 is 0 Å². The molecule has 0 spiro atoms. The Morgan fingerprint density at radius 2 is 1.52 bits per heavy atom. The number of hydrogen-bond acceptors (Lipinski definition) is 6. The maximum Gasteiger partial charge on any atom is 0.133 e. The third-order valence-corrected chi connectivity index (χ3v) is 7.50. The maximum absolute atomic E-state index is 9.94. The van der Waals surface area contributed by atoms with Gasteiger partial charge in [-0.3, -0.25) is 0 Å². The van der Waals surface area contributed by atoms with Crippen LogP contribution in [0, 0.1) is 0 Å². The molecule has 0 radical (unpaired) electrons. The van der Waals surface area contributed by atoms with Crippen LogP contribution in [0.2, 0.25) is 0 Å². The molecule has 0 amide bonds. The summed E-state index contributed by atoms with van der Waals surface area (Å²) < 4.78 is 17.2. The first-order valence-electron chi connectivity index (χ1n) is 10.9. The van der Waals surface area contributed by atoms with Crippen LogP contribution in [0.15, 0.2) is 48.5 Å². The number of benzene rings is 2. The van der Waals surface area contributed by atoms with E-state index in [2.05, 4.69) is 52.0 Å². The summed E-state index contributed by atoms with van der Waals surface area (Å²) in [5, 5.41) is 9.94. The summed E-state index contributed by atoms with van der Waals surface area (Å²) in [5.74, 6) is 4.43. The lowest BCUT2D eigenvalue weighted by atomic mass is 9.78. The number of aliphatic hydroxyl groups is 1. The fourth-order valence-electron chi connectivity index (χ4n) is 3.33. The van der Waals surface area contributed by atoms with Gasteiger partial charge in [-0.05, 0) is 46.9 Å². The van der Waals surface area contributed by atoms with E-state index in [1.165, 1.54) is 11.1 Å². The summed E-state index contributed by atoms with van der Waals surface area (Å²) in [6.07, 6.45) is -0.224. The monoisotopic (exact) mass is 462 g/mol. The summed E-state index contributed by atoms with van der Waals surface area (Å²) in [5.41, 5.74) is 2.59. The van der Waals surface area contributed by atoms with Crippen molar-refractivity contribution in [1.29, 1.82) is 0 Å². The Balaban J connectivity index is 1.53. The standard InChI is InChI=1S/C25H34O4S2/c1-5-30-17-20(26)15-27-21-11-7-18(8-12-21)25(3,4)19-9-13-22(14-10-19)28-16-23-24(29-23)31-6-2/h7-14,20,23-24,26H,5-6,15-17H2,1-4H3. The van der Waals surface area contributed by atoms with Crippen molar-refractivity contribution >= 4 is 23.5 Å². The molecule has 1 heterocycles. The molecular formula is C25H34O4S2. The largest absolute Gasteiger partial charge is 0.491 e. The van der Waals surface area contributed by atoms with E-state index in [4.69, 9.17) is 14.2 Å². The van der Waals surface area contributed by atoms with Crippen molar-refractivity contribution in [3.05, 3.63) is 59.7 Å². The lowest BCUT2D eigenvalue weighted by Crippen LogP contribution is -2.21. The molecule has 3 unspecified atom stereocenters. The van der Waals surface area contributed by atoms with Crippen LogP contribution in [0.1, 0.15) is 38.8 Å². The van der Waals surface area contributed by atoms with Crippen molar-refractivity contribution in [2.75, 3.05) is 30.5 Å². The highest BCUT2D eigenvalue weighted by molar-refractivity contribution is 8.00. The van der Waals surface area contributed by atoms with Crippen molar-refractivity contribution < 1.29 is 19.3 Å². The molecule has 6 heteroatoms. The zero-order valence-electron chi connectivity index (χ0n) is 18.9. The molecule has 0 aromatic heterocycles. The topological polar surface area (TPSA) is 51.2 Å². The second-order valence-electron chi connectivity index (χ2n) is 8.11. The van der Waals surface area contributed by atoms with Crippen LogP contribution in [0.5, 0.6) is 11.5 Å². The van der Waals surface area contributed by atoms with Gasteiger partial charge in [0.1, 0.15) is 36.3 Å². The van der Waals surface area contributed by atoms with Crippen LogP contribution in [-0.2, 0) is 10.2 Å². The van der Waals surface area contributed by atoms with Gasteiger partial charge in [-0.2, -0.15) is 11.8 Å². The van der Waals surface area contributed by atoms with Gasteiger partial charge in [0.25, 0.3) is 0 Å². The van der Waals surface area contributed by atoms with Gasteiger partial charge in [0.05, 0.1) is 6.10 Å². The summed E-state index contributed by atoms with van der Waals surface area (Å²) in [6, 6.07) is 16.5. The van der Waals surface area contributed by atoms with Gasteiger partial charge in [0, 0.05) is 11.2 Å². The minimum Gasteiger partial charge on any atom is -0.491 e. The molecule has 1 fully saturated rings. The number of rotatable bonds is 13. The number of hydrogen-bond donors (Lipinski definition) is 1. The van der Waals surface area contributed by atoms with Crippen molar-refractivity contribution in [2.45, 2.75) is 50.8 Å². The van der Waals surface area contributed by atoms with E-state index in [0.717, 1.165) is 23.0 Å². The zero-order valence-corrected chi connectivity index (χ0v) is 20.5. The molecule has 4 nitrogen and oxygen atoms in total. The molecular weight excluding hydrogens is 428 g/mol. The van der Waals surface area contributed by atoms with Crippen LogP contribution < -0.4 is 9.47 Å². The SMILES string of the molecule is CCSCC(O)COc1ccc(C(C)(C)c2ccc(OCC3OC3SCC)cc2)cc1. The molecule has 3 rings (SSSR count). The molecule has 0 saturated carbocycles. The molecule has 1 saturated heterocycles. The van der Waals surface area contributed by atoms with E-state index in [1.807, 2.05) is 36.0 Å². The third-order valence-electron chi connectivity index (χ3n) is 5.39. The summed E-state index contributed by atoms with van der Waals surface area (Å²) >= 11 is 3.55.